The second kappa shape index (κ2) is 8.90. The van der Waals surface area contributed by atoms with E-state index in [1.807, 2.05) is 45.0 Å². The molecule has 146 valence electrons. The number of sulfonamides is 1. The SMILES string of the molecule is Cc1cccc(N(CC(=O)NCCOc2ccc(C)c(C)c2)S(C)(=O)=O)c1. The van der Waals surface area contributed by atoms with Crippen LogP contribution in [0.2, 0.25) is 0 Å². The molecule has 0 radical (unpaired) electrons. The molecule has 0 aromatic heterocycles. The van der Waals surface area contributed by atoms with E-state index in [-0.39, 0.29) is 19.0 Å². The van der Waals surface area contributed by atoms with Gasteiger partial charge in [-0.05, 0) is 61.7 Å². The summed E-state index contributed by atoms with van der Waals surface area (Å²) < 4.78 is 30.9. The van der Waals surface area contributed by atoms with Crippen LogP contribution in [0, 0.1) is 20.8 Å². The van der Waals surface area contributed by atoms with Crippen molar-refractivity contribution in [2.45, 2.75) is 20.8 Å². The molecule has 2 rings (SSSR count). The van der Waals surface area contributed by atoms with E-state index in [4.69, 9.17) is 4.74 Å². The maximum atomic E-state index is 12.2. The highest BCUT2D eigenvalue weighted by molar-refractivity contribution is 7.92. The molecule has 27 heavy (non-hydrogen) atoms. The molecule has 0 heterocycles. The van der Waals surface area contributed by atoms with E-state index in [0.29, 0.717) is 12.3 Å². The van der Waals surface area contributed by atoms with Gasteiger partial charge in [0, 0.05) is 0 Å². The maximum Gasteiger partial charge on any atom is 0.240 e. The molecule has 0 bridgehead atoms. The summed E-state index contributed by atoms with van der Waals surface area (Å²) in [5.41, 5.74) is 3.72. The van der Waals surface area contributed by atoms with E-state index >= 15 is 0 Å². The molecule has 0 spiro atoms. The molecule has 2 aromatic carbocycles. The minimum absolute atomic E-state index is 0.272. The van der Waals surface area contributed by atoms with Crippen molar-refractivity contribution in [1.29, 1.82) is 0 Å². The summed E-state index contributed by atoms with van der Waals surface area (Å²) in [6.45, 7) is 6.23. The Balaban J connectivity index is 1.89. The van der Waals surface area contributed by atoms with Crippen LogP contribution in [0.5, 0.6) is 5.75 Å². The summed E-state index contributed by atoms with van der Waals surface area (Å²) in [7, 11) is -3.57. The predicted molar refractivity (Wildman–Crippen MR) is 108 cm³/mol. The monoisotopic (exact) mass is 390 g/mol. The zero-order valence-corrected chi connectivity index (χ0v) is 17.0. The van der Waals surface area contributed by atoms with Gasteiger partial charge in [-0.25, -0.2) is 8.42 Å². The van der Waals surface area contributed by atoms with E-state index in [0.717, 1.165) is 27.4 Å². The van der Waals surface area contributed by atoms with Crippen molar-refractivity contribution >= 4 is 21.6 Å². The first-order valence-corrected chi connectivity index (χ1v) is 10.5. The Labute approximate surface area is 161 Å². The quantitative estimate of drug-likeness (QED) is 0.703. The van der Waals surface area contributed by atoms with Crippen molar-refractivity contribution in [3.8, 4) is 5.75 Å². The summed E-state index contributed by atoms with van der Waals surface area (Å²) >= 11 is 0. The van der Waals surface area contributed by atoms with Gasteiger partial charge in [-0.3, -0.25) is 9.10 Å². The summed E-state index contributed by atoms with van der Waals surface area (Å²) in [4.78, 5) is 12.2. The highest BCUT2D eigenvalue weighted by Crippen LogP contribution is 2.18. The third-order valence-electron chi connectivity index (χ3n) is 4.15. The fourth-order valence-electron chi connectivity index (χ4n) is 2.53. The fraction of sp³-hybridized carbons (Fsp3) is 0.350. The predicted octanol–water partition coefficient (Wildman–Crippen LogP) is 2.57. The minimum Gasteiger partial charge on any atom is -0.492 e. The number of nitrogens with zero attached hydrogens (tertiary/aromatic N) is 1. The number of carbonyl (C=O) groups is 1. The second-order valence-electron chi connectivity index (χ2n) is 6.55. The molecule has 0 saturated heterocycles. The van der Waals surface area contributed by atoms with Gasteiger partial charge in [0.15, 0.2) is 0 Å². The summed E-state index contributed by atoms with van der Waals surface area (Å²) in [5, 5.41) is 2.70. The Kier molecular flexibility index (Phi) is 6.85. The molecule has 0 aliphatic heterocycles. The van der Waals surface area contributed by atoms with E-state index in [1.165, 1.54) is 5.56 Å². The van der Waals surface area contributed by atoms with Gasteiger partial charge in [-0.2, -0.15) is 0 Å². The van der Waals surface area contributed by atoms with Crippen molar-refractivity contribution in [3.63, 3.8) is 0 Å². The number of benzene rings is 2. The minimum atomic E-state index is -3.57. The molecular formula is C20H26N2O4S. The summed E-state index contributed by atoms with van der Waals surface area (Å²) in [6.07, 6.45) is 1.09. The number of nitrogens with one attached hydrogen (secondary N) is 1. The zero-order valence-electron chi connectivity index (χ0n) is 16.2. The molecule has 0 aliphatic carbocycles. The topological polar surface area (TPSA) is 75.7 Å². The van der Waals surface area contributed by atoms with Crippen LogP contribution < -0.4 is 14.4 Å². The van der Waals surface area contributed by atoms with Crippen molar-refractivity contribution in [2.24, 2.45) is 0 Å². The highest BCUT2D eigenvalue weighted by atomic mass is 32.2. The van der Waals surface area contributed by atoms with Crippen LogP contribution in [-0.2, 0) is 14.8 Å². The lowest BCUT2D eigenvalue weighted by atomic mass is 10.1. The van der Waals surface area contributed by atoms with E-state index in [1.54, 1.807) is 18.2 Å². The molecule has 0 unspecified atom stereocenters. The van der Waals surface area contributed by atoms with Crippen molar-refractivity contribution < 1.29 is 17.9 Å². The van der Waals surface area contributed by atoms with Gasteiger partial charge in [0.05, 0.1) is 18.5 Å². The number of hydrogen-bond acceptors (Lipinski definition) is 4. The first kappa shape index (κ1) is 20.8. The lowest BCUT2D eigenvalue weighted by Crippen LogP contribution is -2.41. The van der Waals surface area contributed by atoms with Crippen LogP contribution in [0.15, 0.2) is 42.5 Å². The van der Waals surface area contributed by atoms with Crippen LogP contribution in [0.25, 0.3) is 0 Å². The molecule has 0 fully saturated rings. The molecule has 2 aromatic rings. The molecule has 0 aliphatic rings. The Morgan fingerprint density at radius 3 is 2.44 bits per heavy atom. The van der Waals surface area contributed by atoms with Crippen molar-refractivity contribution in [3.05, 3.63) is 59.2 Å². The van der Waals surface area contributed by atoms with Gasteiger partial charge in [0.25, 0.3) is 0 Å². The number of anilines is 1. The Hall–Kier alpha value is -2.54. The standard InChI is InChI=1S/C20H26N2O4S/c1-15-6-5-7-18(12-15)22(27(4,24)25)14-20(23)21-10-11-26-19-9-8-16(2)17(3)13-19/h5-9,12-13H,10-11,14H2,1-4H3,(H,21,23). The summed E-state index contributed by atoms with van der Waals surface area (Å²) in [6, 6.07) is 12.8. The number of carbonyl (C=O) groups excluding carboxylic acids is 1. The van der Waals surface area contributed by atoms with Crippen LogP contribution >= 0.6 is 0 Å². The van der Waals surface area contributed by atoms with Gasteiger partial charge in [0.2, 0.25) is 15.9 Å². The zero-order chi connectivity index (χ0) is 20.0. The average Bonchev–Trinajstić information content (AvgIpc) is 2.58. The molecular weight excluding hydrogens is 364 g/mol. The van der Waals surface area contributed by atoms with Crippen LogP contribution in [0.3, 0.4) is 0 Å². The van der Waals surface area contributed by atoms with Crippen LogP contribution in [-0.4, -0.2) is 40.3 Å². The lowest BCUT2D eigenvalue weighted by Gasteiger charge is -2.22. The van der Waals surface area contributed by atoms with Gasteiger partial charge >= 0.3 is 0 Å². The number of aryl methyl sites for hydroxylation is 3. The second-order valence-corrected chi connectivity index (χ2v) is 8.46. The lowest BCUT2D eigenvalue weighted by molar-refractivity contribution is -0.119. The van der Waals surface area contributed by atoms with Crippen LogP contribution in [0.1, 0.15) is 16.7 Å². The average molecular weight is 391 g/mol. The Bertz CT molecular complexity index is 910. The molecule has 6 nitrogen and oxygen atoms in total. The highest BCUT2D eigenvalue weighted by Gasteiger charge is 2.20. The fourth-order valence-corrected chi connectivity index (χ4v) is 3.38. The summed E-state index contributed by atoms with van der Waals surface area (Å²) in [5.74, 6) is 0.357. The first-order valence-electron chi connectivity index (χ1n) is 8.68. The van der Waals surface area contributed by atoms with Crippen LogP contribution in [0.4, 0.5) is 5.69 Å². The van der Waals surface area contributed by atoms with Crippen molar-refractivity contribution in [2.75, 3.05) is 30.3 Å². The molecule has 1 N–H and O–H groups in total. The number of rotatable bonds is 8. The van der Waals surface area contributed by atoms with E-state index in [2.05, 4.69) is 5.32 Å². The number of hydrogen-bond donors (Lipinski definition) is 1. The third-order valence-corrected chi connectivity index (χ3v) is 5.29. The first-order chi connectivity index (χ1) is 12.7. The van der Waals surface area contributed by atoms with Gasteiger partial charge in [-0.1, -0.05) is 18.2 Å². The normalized spacial score (nSPS) is 11.1. The van der Waals surface area contributed by atoms with Gasteiger partial charge in [-0.15, -0.1) is 0 Å². The molecule has 0 atom stereocenters. The van der Waals surface area contributed by atoms with Gasteiger partial charge in [0.1, 0.15) is 18.9 Å². The largest absolute Gasteiger partial charge is 0.492 e. The molecule has 1 amide bonds. The Morgan fingerprint density at radius 2 is 1.81 bits per heavy atom. The maximum absolute atomic E-state index is 12.2. The number of amides is 1. The number of ether oxygens (including phenoxy) is 1. The molecule has 0 saturated carbocycles. The smallest absolute Gasteiger partial charge is 0.240 e. The van der Waals surface area contributed by atoms with E-state index < -0.39 is 10.0 Å². The molecule has 7 heteroatoms. The van der Waals surface area contributed by atoms with Gasteiger partial charge < -0.3 is 10.1 Å². The Morgan fingerprint density at radius 1 is 1.07 bits per heavy atom. The van der Waals surface area contributed by atoms with Crippen molar-refractivity contribution in [1.82, 2.24) is 5.32 Å². The third kappa shape index (κ3) is 6.29. The van der Waals surface area contributed by atoms with E-state index in [9.17, 15) is 13.2 Å².